The van der Waals surface area contributed by atoms with Gasteiger partial charge in [-0.1, -0.05) is 49.4 Å². The van der Waals surface area contributed by atoms with Crippen LogP contribution in [0.5, 0.6) is 5.75 Å². The highest BCUT2D eigenvalue weighted by molar-refractivity contribution is 5.83. The molecule has 0 amide bonds. The second-order valence-electron chi connectivity index (χ2n) is 6.32. The molecule has 0 bridgehead atoms. The Morgan fingerprint density at radius 2 is 1.96 bits per heavy atom. The van der Waals surface area contributed by atoms with Crippen LogP contribution in [0.2, 0.25) is 0 Å². The van der Waals surface area contributed by atoms with Crippen molar-refractivity contribution >= 4 is 5.57 Å². The molecule has 3 rings (SSSR count). The van der Waals surface area contributed by atoms with E-state index in [4.69, 9.17) is 4.74 Å². The van der Waals surface area contributed by atoms with Crippen LogP contribution in [0.4, 0.5) is 0 Å². The van der Waals surface area contributed by atoms with Gasteiger partial charge < -0.3 is 4.74 Å². The van der Waals surface area contributed by atoms with Crippen molar-refractivity contribution in [2.75, 3.05) is 0 Å². The minimum absolute atomic E-state index is 0.618. The third-order valence-electron chi connectivity index (χ3n) is 4.59. The number of rotatable bonds is 5. The predicted molar refractivity (Wildman–Crippen MR) is 97.8 cm³/mol. The first-order chi connectivity index (χ1) is 11.1. The molecular formula is C22H24O. The zero-order valence-corrected chi connectivity index (χ0v) is 14.3. The first-order valence-electron chi connectivity index (χ1n) is 8.29. The van der Waals surface area contributed by atoms with Crippen molar-refractivity contribution in [1.29, 1.82) is 0 Å². The summed E-state index contributed by atoms with van der Waals surface area (Å²) in [6.07, 6.45) is 4.26. The molecule has 118 valence electrons. The van der Waals surface area contributed by atoms with E-state index in [0.29, 0.717) is 6.61 Å². The number of fused-ring (bicyclic) bond motifs is 1. The van der Waals surface area contributed by atoms with Gasteiger partial charge in [-0.25, -0.2) is 0 Å². The fourth-order valence-corrected chi connectivity index (χ4v) is 3.11. The molecule has 2 aromatic carbocycles. The van der Waals surface area contributed by atoms with E-state index in [1.165, 1.54) is 39.0 Å². The zero-order chi connectivity index (χ0) is 16.4. The molecule has 0 N–H and O–H groups in total. The number of aryl methyl sites for hydroxylation is 2. The molecule has 2 aromatic rings. The van der Waals surface area contributed by atoms with Gasteiger partial charge in [-0.2, -0.15) is 0 Å². The maximum absolute atomic E-state index is 6.01. The smallest absolute Gasteiger partial charge is 0.120 e. The third kappa shape index (κ3) is 3.24. The van der Waals surface area contributed by atoms with Crippen molar-refractivity contribution < 1.29 is 4.74 Å². The average Bonchev–Trinajstić information content (AvgIpc) is 2.96. The summed E-state index contributed by atoms with van der Waals surface area (Å²) in [6.45, 7) is 11.2. The summed E-state index contributed by atoms with van der Waals surface area (Å²) in [6, 6.07) is 12.9. The molecule has 1 nitrogen and oxygen atoms in total. The molecule has 23 heavy (non-hydrogen) atoms. The molecule has 1 heteroatoms. The second-order valence-corrected chi connectivity index (χ2v) is 6.32. The van der Waals surface area contributed by atoms with Crippen LogP contribution >= 0.6 is 0 Å². The summed E-state index contributed by atoms with van der Waals surface area (Å²) >= 11 is 0. The number of allylic oxidation sites excluding steroid dienone is 3. The molecule has 0 fully saturated rings. The van der Waals surface area contributed by atoms with E-state index in [0.717, 1.165) is 18.6 Å². The molecule has 0 aromatic heterocycles. The van der Waals surface area contributed by atoms with Crippen LogP contribution in [0.15, 0.2) is 54.6 Å². The SMILES string of the molecule is C=C(CC)C1=CCc2cc(OCc3ccc(C)cc3C)ccc21. The molecule has 0 heterocycles. The molecule has 0 saturated carbocycles. The van der Waals surface area contributed by atoms with Gasteiger partial charge in [-0.15, -0.1) is 0 Å². The van der Waals surface area contributed by atoms with Crippen molar-refractivity contribution in [3.63, 3.8) is 0 Å². The fraction of sp³-hybridized carbons (Fsp3) is 0.273. The third-order valence-corrected chi connectivity index (χ3v) is 4.59. The minimum atomic E-state index is 0.618. The lowest BCUT2D eigenvalue weighted by Gasteiger charge is -2.12. The molecule has 0 radical (unpaired) electrons. The Kier molecular flexibility index (Phi) is 4.38. The lowest BCUT2D eigenvalue weighted by atomic mass is 9.98. The van der Waals surface area contributed by atoms with Crippen molar-refractivity contribution in [2.24, 2.45) is 0 Å². The number of ether oxygens (including phenoxy) is 1. The van der Waals surface area contributed by atoms with Crippen molar-refractivity contribution in [3.8, 4) is 5.75 Å². The Morgan fingerprint density at radius 3 is 2.70 bits per heavy atom. The van der Waals surface area contributed by atoms with Gasteiger partial charge in [0.1, 0.15) is 12.4 Å². The second kappa shape index (κ2) is 6.45. The minimum Gasteiger partial charge on any atom is -0.489 e. The summed E-state index contributed by atoms with van der Waals surface area (Å²) < 4.78 is 6.01. The summed E-state index contributed by atoms with van der Waals surface area (Å²) in [5.41, 5.74) is 9.00. The maximum atomic E-state index is 6.01. The number of benzene rings is 2. The van der Waals surface area contributed by atoms with Crippen LogP contribution in [0.3, 0.4) is 0 Å². The maximum Gasteiger partial charge on any atom is 0.120 e. The molecule has 0 spiro atoms. The van der Waals surface area contributed by atoms with Crippen LogP contribution in [0.25, 0.3) is 5.57 Å². The summed E-state index contributed by atoms with van der Waals surface area (Å²) in [7, 11) is 0. The fourth-order valence-electron chi connectivity index (χ4n) is 3.11. The van der Waals surface area contributed by atoms with Crippen molar-refractivity contribution in [1.82, 2.24) is 0 Å². The highest BCUT2D eigenvalue weighted by Crippen LogP contribution is 2.35. The number of hydrogen-bond acceptors (Lipinski definition) is 1. The summed E-state index contributed by atoms with van der Waals surface area (Å²) in [5, 5.41) is 0. The van der Waals surface area contributed by atoms with E-state index >= 15 is 0 Å². The molecule has 1 aliphatic carbocycles. The van der Waals surface area contributed by atoms with Gasteiger partial charge in [0.05, 0.1) is 0 Å². The molecule has 1 aliphatic rings. The Labute approximate surface area is 139 Å². The Hall–Kier alpha value is -2.28. The van der Waals surface area contributed by atoms with Gasteiger partial charge in [0.2, 0.25) is 0 Å². The molecular weight excluding hydrogens is 280 g/mol. The van der Waals surface area contributed by atoms with Gasteiger partial charge in [-0.3, -0.25) is 0 Å². The van der Waals surface area contributed by atoms with E-state index < -0.39 is 0 Å². The van der Waals surface area contributed by atoms with Crippen LogP contribution in [0.1, 0.15) is 41.2 Å². The molecule has 0 unspecified atom stereocenters. The standard InChI is InChI=1S/C22H24O/c1-5-16(3)21-10-8-18-13-20(9-11-22(18)21)23-14-19-7-6-15(2)12-17(19)4/h6-7,9-13H,3,5,8,14H2,1-2,4H3. The average molecular weight is 304 g/mol. The van der Waals surface area contributed by atoms with Gasteiger partial charge in [0.15, 0.2) is 0 Å². The predicted octanol–water partition coefficient (Wildman–Crippen LogP) is 5.79. The first-order valence-corrected chi connectivity index (χ1v) is 8.29. The van der Waals surface area contributed by atoms with Gasteiger partial charge in [0.25, 0.3) is 0 Å². The molecule has 0 aliphatic heterocycles. The first kappa shape index (κ1) is 15.6. The Morgan fingerprint density at radius 1 is 1.13 bits per heavy atom. The van der Waals surface area contributed by atoms with E-state index in [2.05, 4.69) is 69.8 Å². The van der Waals surface area contributed by atoms with Crippen LogP contribution in [0, 0.1) is 13.8 Å². The van der Waals surface area contributed by atoms with E-state index in [1.54, 1.807) is 0 Å². The van der Waals surface area contributed by atoms with Crippen LogP contribution in [-0.2, 0) is 13.0 Å². The highest BCUT2D eigenvalue weighted by Gasteiger charge is 2.16. The van der Waals surface area contributed by atoms with Crippen LogP contribution in [-0.4, -0.2) is 0 Å². The van der Waals surface area contributed by atoms with E-state index in [-0.39, 0.29) is 0 Å². The summed E-state index contributed by atoms with van der Waals surface area (Å²) in [5.74, 6) is 0.945. The Bertz CT molecular complexity index is 781. The van der Waals surface area contributed by atoms with Crippen molar-refractivity contribution in [3.05, 3.63) is 82.4 Å². The summed E-state index contributed by atoms with van der Waals surface area (Å²) in [4.78, 5) is 0. The van der Waals surface area contributed by atoms with Gasteiger partial charge >= 0.3 is 0 Å². The normalized spacial score (nSPS) is 12.7. The molecule has 0 atom stereocenters. The highest BCUT2D eigenvalue weighted by atomic mass is 16.5. The lowest BCUT2D eigenvalue weighted by Crippen LogP contribution is -1.99. The number of hydrogen-bond donors (Lipinski definition) is 0. The van der Waals surface area contributed by atoms with E-state index in [1.807, 2.05) is 0 Å². The van der Waals surface area contributed by atoms with Crippen LogP contribution < -0.4 is 4.74 Å². The topological polar surface area (TPSA) is 9.23 Å². The van der Waals surface area contributed by atoms with Crippen molar-refractivity contribution in [2.45, 2.75) is 40.2 Å². The zero-order valence-electron chi connectivity index (χ0n) is 14.3. The lowest BCUT2D eigenvalue weighted by molar-refractivity contribution is 0.305. The monoisotopic (exact) mass is 304 g/mol. The van der Waals surface area contributed by atoms with Gasteiger partial charge in [0, 0.05) is 0 Å². The van der Waals surface area contributed by atoms with E-state index in [9.17, 15) is 0 Å². The Balaban J connectivity index is 1.73. The largest absolute Gasteiger partial charge is 0.489 e. The molecule has 0 saturated heterocycles. The quantitative estimate of drug-likeness (QED) is 0.679. The van der Waals surface area contributed by atoms with Gasteiger partial charge in [-0.05, 0) is 72.2 Å².